The molecule has 0 aromatic carbocycles. The van der Waals surface area contributed by atoms with Crippen LogP contribution in [-0.2, 0) is 11.3 Å². The zero-order chi connectivity index (χ0) is 13.7. The topological polar surface area (TPSA) is 56.1 Å². The molecule has 1 unspecified atom stereocenters. The number of aryl methyl sites for hydroxylation is 1. The van der Waals surface area contributed by atoms with Crippen LogP contribution in [0.5, 0.6) is 5.75 Å². The lowest BCUT2D eigenvalue weighted by molar-refractivity contribution is -0.128. The maximum Gasteiger partial charge on any atom is 0.260 e. The average molecular weight is 265 g/mol. The molecule has 5 heteroatoms. The Labute approximate surface area is 114 Å². The summed E-state index contributed by atoms with van der Waals surface area (Å²) in [4.78, 5) is 12.0. The van der Waals surface area contributed by atoms with E-state index in [1.807, 2.05) is 13.1 Å². The molecule has 1 saturated carbocycles. The number of rotatable bonds is 5. The van der Waals surface area contributed by atoms with Crippen LogP contribution >= 0.6 is 0 Å². The van der Waals surface area contributed by atoms with Crippen molar-refractivity contribution in [3.63, 3.8) is 0 Å². The molecule has 1 aliphatic carbocycles. The second-order valence-electron chi connectivity index (χ2n) is 5.14. The summed E-state index contributed by atoms with van der Waals surface area (Å²) in [6, 6.07) is 0.325. The van der Waals surface area contributed by atoms with Crippen molar-refractivity contribution in [1.29, 1.82) is 0 Å². The highest BCUT2D eigenvalue weighted by molar-refractivity contribution is 5.81. The molecule has 0 radical (unpaired) electrons. The quantitative estimate of drug-likeness (QED) is 0.887. The summed E-state index contributed by atoms with van der Waals surface area (Å²) in [5, 5.41) is 7.19. The van der Waals surface area contributed by atoms with Crippen molar-refractivity contribution in [2.24, 2.45) is 0 Å². The van der Waals surface area contributed by atoms with Crippen molar-refractivity contribution >= 4 is 5.91 Å². The van der Waals surface area contributed by atoms with E-state index in [1.165, 1.54) is 19.3 Å². The van der Waals surface area contributed by atoms with Crippen LogP contribution in [0.15, 0.2) is 12.4 Å². The van der Waals surface area contributed by atoms with Gasteiger partial charge in [-0.15, -0.1) is 0 Å². The van der Waals surface area contributed by atoms with Gasteiger partial charge in [0.1, 0.15) is 0 Å². The van der Waals surface area contributed by atoms with Gasteiger partial charge >= 0.3 is 0 Å². The fourth-order valence-corrected chi connectivity index (χ4v) is 2.40. The number of aromatic nitrogens is 2. The van der Waals surface area contributed by atoms with E-state index < -0.39 is 6.10 Å². The minimum absolute atomic E-state index is 0.0313. The summed E-state index contributed by atoms with van der Waals surface area (Å²) in [5.74, 6) is 0.615. The monoisotopic (exact) mass is 265 g/mol. The summed E-state index contributed by atoms with van der Waals surface area (Å²) in [6.07, 6.45) is 8.87. The predicted octanol–water partition coefficient (Wildman–Crippen LogP) is 2.12. The fraction of sp³-hybridized carbons (Fsp3) is 0.714. The Morgan fingerprint density at radius 2 is 2.26 bits per heavy atom. The lowest BCUT2D eigenvalue weighted by atomic mass is 9.95. The maximum absolute atomic E-state index is 12.0. The van der Waals surface area contributed by atoms with E-state index in [1.54, 1.807) is 17.8 Å². The average Bonchev–Trinajstić information content (AvgIpc) is 2.87. The van der Waals surface area contributed by atoms with Crippen LogP contribution < -0.4 is 10.1 Å². The number of nitrogens with zero attached hydrogens (tertiary/aromatic N) is 2. The second kappa shape index (κ2) is 6.59. The standard InChI is InChI=1S/C14H23N3O2/c1-3-17-10-13(9-15-17)19-11(2)14(18)16-12-7-5-4-6-8-12/h9-12H,3-8H2,1-2H3,(H,16,18). The Bertz CT molecular complexity index is 411. The van der Waals surface area contributed by atoms with Crippen molar-refractivity contribution in [2.45, 2.75) is 64.6 Å². The number of carbonyl (C=O) groups is 1. The summed E-state index contributed by atoms with van der Waals surface area (Å²) in [6.45, 7) is 4.59. The molecule has 2 rings (SSSR count). The number of amides is 1. The number of carbonyl (C=O) groups excluding carboxylic acids is 1. The highest BCUT2D eigenvalue weighted by Crippen LogP contribution is 2.18. The molecule has 1 aromatic rings. The number of hydrogen-bond acceptors (Lipinski definition) is 3. The van der Waals surface area contributed by atoms with E-state index in [-0.39, 0.29) is 5.91 Å². The number of hydrogen-bond donors (Lipinski definition) is 1. The SMILES string of the molecule is CCn1cc(OC(C)C(=O)NC2CCCCC2)cn1. The molecular weight excluding hydrogens is 242 g/mol. The van der Waals surface area contributed by atoms with Gasteiger partial charge in [-0.3, -0.25) is 9.48 Å². The third-order valence-corrected chi connectivity index (χ3v) is 3.57. The molecule has 0 spiro atoms. The van der Waals surface area contributed by atoms with E-state index in [0.717, 1.165) is 19.4 Å². The summed E-state index contributed by atoms with van der Waals surface area (Å²) in [5.41, 5.74) is 0. The lowest BCUT2D eigenvalue weighted by Crippen LogP contribution is -2.43. The van der Waals surface area contributed by atoms with Crippen LogP contribution in [0.25, 0.3) is 0 Å². The second-order valence-corrected chi connectivity index (χ2v) is 5.14. The number of nitrogens with one attached hydrogen (secondary N) is 1. The third-order valence-electron chi connectivity index (χ3n) is 3.57. The zero-order valence-electron chi connectivity index (χ0n) is 11.8. The Hall–Kier alpha value is -1.52. The molecule has 0 bridgehead atoms. The Kier molecular flexibility index (Phi) is 4.82. The minimum atomic E-state index is -0.476. The normalized spacial score (nSPS) is 18.0. The van der Waals surface area contributed by atoms with Gasteiger partial charge in [0.15, 0.2) is 11.9 Å². The van der Waals surface area contributed by atoms with Crippen LogP contribution in [0, 0.1) is 0 Å². The Balaban J connectivity index is 1.81. The van der Waals surface area contributed by atoms with Gasteiger partial charge in [-0.25, -0.2) is 0 Å². The highest BCUT2D eigenvalue weighted by Gasteiger charge is 2.20. The predicted molar refractivity (Wildman–Crippen MR) is 73.0 cm³/mol. The molecule has 5 nitrogen and oxygen atoms in total. The van der Waals surface area contributed by atoms with Crippen molar-refractivity contribution < 1.29 is 9.53 Å². The zero-order valence-corrected chi connectivity index (χ0v) is 11.8. The molecule has 0 aliphatic heterocycles. The smallest absolute Gasteiger partial charge is 0.260 e. The number of ether oxygens (including phenoxy) is 1. The molecule has 0 saturated heterocycles. The van der Waals surface area contributed by atoms with E-state index in [4.69, 9.17) is 4.74 Å². The molecule has 1 fully saturated rings. The molecule has 19 heavy (non-hydrogen) atoms. The lowest BCUT2D eigenvalue weighted by Gasteiger charge is -2.24. The van der Waals surface area contributed by atoms with Crippen molar-refractivity contribution in [2.75, 3.05) is 0 Å². The molecule has 1 amide bonds. The molecule has 1 atom stereocenters. The maximum atomic E-state index is 12.0. The van der Waals surface area contributed by atoms with Gasteiger partial charge in [-0.1, -0.05) is 19.3 Å². The van der Waals surface area contributed by atoms with E-state index in [0.29, 0.717) is 11.8 Å². The van der Waals surface area contributed by atoms with Gasteiger partial charge < -0.3 is 10.1 Å². The van der Waals surface area contributed by atoms with Crippen LogP contribution in [0.1, 0.15) is 46.0 Å². The molecule has 106 valence electrons. The van der Waals surface area contributed by atoms with Gasteiger partial charge in [0.25, 0.3) is 5.91 Å². The van der Waals surface area contributed by atoms with Crippen molar-refractivity contribution in [3.8, 4) is 5.75 Å². The van der Waals surface area contributed by atoms with Gasteiger partial charge in [0.05, 0.1) is 12.4 Å². The fourth-order valence-electron chi connectivity index (χ4n) is 2.40. The van der Waals surface area contributed by atoms with E-state index in [2.05, 4.69) is 10.4 Å². The van der Waals surface area contributed by atoms with Crippen molar-refractivity contribution in [3.05, 3.63) is 12.4 Å². The van der Waals surface area contributed by atoms with Gasteiger partial charge in [0.2, 0.25) is 0 Å². The van der Waals surface area contributed by atoms with Gasteiger partial charge in [-0.05, 0) is 26.7 Å². The van der Waals surface area contributed by atoms with E-state index in [9.17, 15) is 4.79 Å². The highest BCUT2D eigenvalue weighted by atomic mass is 16.5. The van der Waals surface area contributed by atoms with Gasteiger partial charge in [0, 0.05) is 12.6 Å². The Morgan fingerprint density at radius 3 is 2.89 bits per heavy atom. The summed E-state index contributed by atoms with van der Waals surface area (Å²) >= 11 is 0. The largest absolute Gasteiger partial charge is 0.478 e. The van der Waals surface area contributed by atoms with Crippen LogP contribution in [0.2, 0.25) is 0 Å². The first-order valence-electron chi connectivity index (χ1n) is 7.18. The first kappa shape index (κ1) is 13.9. The van der Waals surface area contributed by atoms with Crippen LogP contribution in [-0.4, -0.2) is 27.8 Å². The molecule has 1 N–H and O–H groups in total. The molecule has 1 heterocycles. The summed E-state index contributed by atoms with van der Waals surface area (Å²) in [7, 11) is 0. The first-order valence-corrected chi connectivity index (χ1v) is 7.18. The first-order chi connectivity index (χ1) is 9.19. The summed E-state index contributed by atoms with van der Waals surface area (Å²) < 4.78 is 7.38. The molecular formula is C14H23N3O2. The van der Waals surface area contributed by atoms with Gasteiger partial charge in [-0.2, -0.15) is 5.10 Å². The van der Waals surface area contributed by atoms with Crippen molar-refractivity contribution in [1.82, 2.24) is 15.1 Å². The van der Waals surface area contributed by atoms with Crippen LogP contribution in [0.3, 0.4) is 0 Å². The minimum Gasteiger partial charge on any atom is -0.478 e. The third kappa shape index (κ3) is 3.98. The Morgan fingerprint density at radius 1 is 1.53 bits per heavy atom. The van der Waals surface area contributed by atoms with E-state index >= 15 is 0 Å². The molecule has 1 aromatic heterocycles. The van der Waals surface area contributed by atoms with Crippen LogP contribution in [0.4, 0.5) is 0 Å². The molecule has 1 aliphatic rings.